The molecule has 1 unspecified atom stereocenters. The Kier molecular flexibility index (Phi) is 4.14. The van der Waals surface area contributed by atoms with Crippen LogP contribution in [0.1, 0.15) is 6.42 Å². The second kappa shape index (κ2) is 5.16. The maximum atomic E-state index is 10.6. The number of nitrogens with zero attached hydrogens (tertiary/aromatic N) is 1. The van der Waals surface area contributed by atoms with Gasteiger partial charge in [-0.25, -0.2) is 4.79 Å². The van der Waals surface area contributed by atoms with Gasteiger partial charge in [-0.2, -0.15) is 0 Å². The van der Waals surface area contributed by atoms with Gasteiger partial charge in [0, 0.05) is 13.1 Å². The molecule has 0 aliphatic carbocycles. The molecule has 5 nitrogen and oxygen atoms in total. The van der Waals surface area contributed by atoms with Crippen molar-refractivity contribution in [3.05, 3.63) is 0 Å². The Labute approximate surface area is 77.5 Å². The highest BCUT2D eigenvalue weighted by molar-refractivity contribution is 5.72. The minimum Gasteiger partial charge on any atom is -0.479 e. The van der Waals surface area contributed by atoms with Crippen molar-refractivity contribution in [2.75, 3.05) is 32.8 Å². The Hall–Kier alpha value is -0.650. The lowest BCUT2D eigenvalue weighted by Gasteiger charge is -2.30. The number of hydrogen-bond acceptors (Lipinski definition) is 4. The first-order chi connectivity index (χ1) is 6.24. The molecule has 0 radical (unpaired) electrons. The fourth-order valence-electron chi connectivity index (χ4n) is 1.37. The number of nitrogens with two attached hydrogens (primary N) is 1. The molecular formula is C8H16N2O3. The summed E-state index contributed by atoms with van der Waals surface area (Å²) < 4.78 is 5.08. The average molecular weight is 188 g/mol. The van der Waals surface area contributed by atoms with Crippen LogP contribution in [0.4, 0.5) is 0 Å². The predicted molar refractivity (Wildman–Crippen MR) is 47.5 cm³/mol. The topological polar surface area (TPSA) is 75.8 Å². The van der Waals surface area contributed by atoms with E-state index < -0.39 is 12.1 Å². The molecule has 1 fully saturated rings. The summed E-state index contributed by atoms with van der Waals surface area (Å²) in [6.07, 6.45) is 0.248. The molecule has 0 amide bonds. The summed E-state index contributed by atoms with van der Waals surface area (Å²) in [6.45, 7) is 3.30. The van der Waals surface area contributed by atoms with Crippen LogP contribution in [0.3, 0.4) is 0 Å². The second-order valence-corrected chi connectivity index (χ2v) is 3.14. The van der Waals surface area contributed by atoms with E-state index in [1.807, 2.05) is 0 Å². The molecule has 1 saturated heterocycles. The van der Waals surface area contributed by atoms with Gasteiger partial charge < -0.3 is 15.6 Å². The average Bonchev–Trinajstić information content (AvgIpc) is 2.15. The van der Waals surface area contributed by atoms with E-state index in [4.69, 9.17) is 15.6 Å². The second-order valence-electron chi connectivity index (χ2n) is 3.14. The normalized spacial score (nSPS) is 24.5. The fraction of sp³-hybridized carbons (Fsp3) is 0.875. The number of hydrogen-bond donors (Lipinski definition) is 2. The van der Waals surface area contributed by atoms with E-state index in [-0.39, 0.29) is 0 Å². The third kappa shape index (κ3) is 3.30. The van der Waals surface area contributed by atoms with E-state index in [9.17, 15) is 4.79 Å². The zero-order valence-electron chi connectivity index (χ0n) is 7.61. The zero-order chi connectivity index (χ0) is 9.68. The number of carbonyl (C=O) groups is 1. The highest BCUT2D eigenvalue weighted by Crippen LogP contribution is 2.05. The lowest BCUT2D eigenvalue weighted by Crippen LogP contribution is -2.46. The minimum absolute atomic E-state index is 0.481. The molecule has 1 heterocycles. The number of carboxylic acid groups (broad SMARTS) is 1. The SMILES string of the molecule is NCCCN1CCOC(C(=O)O)C1. The van der Waals surface area contributed by atoms with E-state index in [1.54, 1.807) is 0 Å². The van der Waals surface area contributed by atoms with E-state index in [0.717, 1.165) is 19.5 Å². The Balaban J connectivity index is 2.29. The van der Waals surface area contributed by atoms with Crippen molar-refractivity contribution in [3.63, 3.8) is 0 Å². The van der Waals surface area contributed by atoms with Crippen molar-refractivity contribution >= 4 is 5.97 Å². The van der Waals surface area contributed by atoms with Gasteiger partial charge in [0.2, 0.25) is 0 Å². The van der Waals surface area contributed by atoms with Crippen molar-refractivity contribution in [2.24, 2.45) is 5.73 Å². The van der Waals surface area contributed by atoms with E-state index in [1.165, 1.54) is 0 Å². The summed E-state index contributed by atoms with van der Waals surface area (Å²) in [7, 11) is 0. The van der Waals surface area contributed by atoms with Gasteiger partial charge in [0.05, 0.1) is 6.61 Å². The van der Waals surface area contributed by atoms with Gasteiger partial charge in [-0.15, -0.1) is 0 Å². The summed E-state index contributed by atoms with van der Waals surface area (Å²) in [5.41, 5.74) is 5.37. The van der Waals surface area contributed by atoms with Crippen molar-refractivity contribution < 1.29 is 14.6 Å². The minimum atomic E-state index is -0.877. The molecule has 13 heavy (non-hydrogen) atoms. The van der Waals surface area contributed by atoms with Crippen LogP contribution in [0.2, 0.25) is 0 Å². The van der Waals surface area contributed by atoms with Crippen LogP contribution in [0.15, 0.2) is 0 Å². The van der Waals surface area contributed by atoms with Gasteiger partial charge in [0.15, 0.2) is 6.10 Å². The fourth-order valence-corrected chi connectivity index (χ4v) is 1.37. The molecular weight excluding hydrogens is 172 g/mol. The van der Waals surface area contributed by atoms with Gasteiger partial charge in [-0.3, -0.25) is 4.90 Å². The molecule has 1 rings (SSSR count). The Bertz CT molecular complexity index is 175. The quantitative estimate of drug-likeness (QED) is 0.599. The molecule has 76 valence electrons. The maximum absolute atomic E-state index is 10.6. The van der Waals surface area contributed by atoms with Crippen molar-refractivity contribution in [1.29, 1.82) is 0 Å². The van der Waals surface area contributed by atoms with E-state index in [0.29, 0.717) is 19.7 Å². The Morgan fingerprint density at radius 3 is 3.08 bits per heavy atom. The third-order valence-corrected chi connectivity index (χ3v) is 2.10. The molecule has 5 heteroatoms. The lowest BCUT2D eigenvalue weighted by molar-refractivity contribution is -0.156. The Morgan fingerprint density at radius 1 is 1.69 bits per heavy atom. The van der Waals surface area contributed by atoms with Crippen molar-refractivity contribution in [3.8, 4) is 0 Å². The van der Waals surface area contributed by atoms with Crippen LogP contribution in [0.25, 0.3) is 0 Å². The Morgan fingerprint density at radius 2 is 2.46 bits per heavy atom. The largest absolute Gasteiger partial charge is 0.479 e. The molecule has 1 aliphatic heterocycles. The number of ether oxygens (including phenoxy) is 1. The van der Waals surface area contributed by atoms with Gasteiger partial charge in [-0.05, 0) is 19.5 Å². The monoisotopic (exact) mass is 188 g/mol. The molecule has 0 bridgehead atoms. The molecule has 0 spiro atoms. The van der Waals surface area contributed by atoms with E-state index in [2.05, 4.69) is 4.90 Å². The molecule has 0 aromatic heterocycles. The summed E-state index contributed by atoms with van der Waals surface area (Å²) in [4.78, 5) is 12.7. The van der Waals surface area contributed by atoms with Gasteiger partial charge >= 0.3 is 5.97 Å². The van der Waals surface area contributed by atoms with Gasteiger partial charge in [0.1, 0.15) is 0 Å². The van der Waals surface area contributed by atoms with Crippen LogP contribution in [-0.4, -0.2) is 54.9 Å². The first-order valence-electron chi connectivity index (χ1n) is 4.51. The molecule has 1 aliphatic rings. The van der Waals surface area contributed by atoms with Gasteiger partial charge in [-0.1, -0.05) is 0 Å². The molecule has 0 aromatic carbocycles. The number of morpholine rings is 1. The predicted octanol–water partition coefficient (Wildman–Crippen LogP) is -0.879. The lowest BCUT2D eigenvalue weighted by atomic mass is 10.2. The van der Waals surface area contributed by atoms with Crippen LogP contribution >= 0.6 is 0 Å². The first kappa shape index (κ1) is 10.4. The highest BCUT2D eigenvalue weighted by atomic mass is 16.5. The highest BCUT2D eigenvalue weighted by Gasteiger charge is 2.25. The van der Waals surface area contributed by atoms with Crippen molar-refractivity contribution in [2.45, 2.75) is 12.5 Å². The number of aliphatic carboxylic acids is 1. The number of rotatable bonds is 4. The van der Waals surface area contributed by atoms with Crippen LogP contribution in [0.5, 0.6) is 0 Å². The first-order valence-corrected chi connectivity index (χ1v) is 4.51. The summed E-state index contributed by atoms with van der Waals surface area (Å²) in [5, 5.41) is 8.71. The maximum Gasteiger partial charge on any atom is 0.334 e. The van der Waals surface area contributed by atoms with Crippen LogP contribution < -0.4 is 5.73 Å². The van der Waals surface area contributed by atoms with Crippen LogP contribution in [-0.2, 0) is 9.53 Å². The standard InChI is InChI=1S/C8H16N2O3/c9-2-1-3-10-4-5-13-7(6-10)8(11)12/h7H,1-6,9H2,(H,11,12). The van der Waals surface area contributed by atoms with E-state index >= 15 is 0 Å². The van der Waals surface area contributed by atoms with Gasteiger partial charge in [0.25, 0.3) is 0 Å². The zero-order valence-corrected chi connectivity index (χ0v) is 7.61. The molecule has 0 saturated carbocycles. The summed E-state index contributed by atoms with van der Waals surface area (Å²) >= 11 is 0. The molecule has 3 N–H and O–H groups in total. The van der Waals surface area contributed by atoms with Crippen LogP contribution in [0, 0.1) is 0 Å². The molecule has 1 atom stereocenters. The summed E-state index contributed by atoms with van der Waals surface area (Å²) in [5.74, 6) is -0.877. The smallest absolute Gasteiger partial charge is 0.334 e. The third-order valence-electron chi connectivity index (χ3n) is 2.10. The number of carboxylic acids is 1. The summed E-state index contributed by atoms with van der Waals surface area (Å²) in [6, 6.07) is 0. The molecule has 0 aromatic rings. The van der Waals surface area contributed by atoms with Crippen molar-refractivity contribution in [1.82, 2.24) is 4.90 Å².